The van der Waals surface area contributed by atoms with Crippen molar-refractivity contribution in [1.82, 2.24) is 0 Å². The number of aliphatic hydroxyl groups excluding tert-OH is 2. The lowest BCUT2D eigenvalue weighted by Crippen LogP contribution is -2.47. The van der Waals surface area contributed by atoms with Gasteiger partial charge in [0.25, 0.3) is 0 Å². The van der Waals surface area contributed by atoms with Crippen LogP contribution in [-0.2, 0) is 0 Å². The van der Waals surface area contributed by atoms with Gasteiger partial charge in [-0.15, -0.1) is 0 Å². The van der Waals surface area contributed by atoms with Gasteiger partial charge in [-0.3, -0.25) is 0 Å². The van der Waals surface area contributed by atoms with E-state index < -0.39 is 18.2 Å². The third-order valence-electron chi connectivity index (χ3n) is 1.55. The van der Waals surface area contributed by atoms with Crippen molar-refractivity contribution in [3.05, 3.63) is 0 Å². The van der Waals surface area contributed by atoms with Crippen LogP contribution in [0.3, 0.4) is 0 Å². The highest BCUT2D eigenvalue weighted by Gasteiger charge is 2.19. The fourth-order valence-electron chi connectivity index (χ4n) is 0.686. The lowest BCUT2D eigenvalue weighted by Gasteiger charge is -2.21. The maximum absolute atomic E-state index is 9.09. The maximum atomic E-state index is 9.09. The van der Waals surface area contributed by atoms with Crippen LogP contribution in [0.5, 0.6) is 0 Å². The fraction of sp³-hybridized carbons (Fsp3) is 1.00. The van der Waals surface area contributed by atoms with Crippen molar-refractivity contribution in [1.29, 1.82) is 0 Å². The summed E-state index contributed by atoms with van der Waals surface area (Å²) in [5, 5.41) is 18.1. The maximum Gasteiger partial charge on any atom is 0.0838 e. The first-order chi connectivity index (χ1) is 4.63. The van der Waals surface area contributed by atoms with Crippen LogP contribution in [0.25, 0.3) is 0 Å². The quantitative estimate of drug-likeness (QED) is 0.386. The van der Waals surface area contributed by atoms with Crippen LogP contribution in [-0.4, -0.2) is 35.0 Å². The first kappa shape index (κ1) is 9.84. The summed E-state index contributed by atoms with van der Waals surface area (Å²) in [5.74, 6) is 0. The van der Waals surface area contributed by atoms with Gasteiger partial charge >= 0.3 is 0 Å². The van der Waals surface area contributed by atoms with Gasteiger partial charge < -0.3 is 21.7 Å². The molecule has 3 atom stereocenters. The number of hydrogen-bond acceptors (Lipinski definition) is 4. The van der Waals surface area contributed by atoms with Crippen molar-refractivity contribution >= 4 is 0 Å². The van der Waals surface area contributed by atoms with E-state index in [1.165, 1.54) is 0 Å². The summed E-state index contributed by atoms with van der Waals surface area (Å²) in [4.78, 5) is 0. The van der Waals surface area contributed by atoms with Crippen LogP contribution >= 0.6 is 0 Å². The van der Waals surface area contributed by atoms with E-state index in [9.17, 15) is 0 Å². The fourth-order valence-corrected chi connectivity index (χ4v) is 0.686. The lowest BCUT2D eigenvalue weighted by atomic mass is 10.0. The monoisotopic (exact) mass is 148 g/mol. The molecular weight excluding hydrogens is 132 g/mol. The third kappa shape index (κ3) is 2.62. The largest absolute Gasteiger partial charge is 0.391 e. The third-order valence-corrected chi connectivity index (χ3v) is 1.55. The van der Waals surface area contributed by atoms with Crippen molar-refractivity contribution in [3.63, 3.8) is 0 Å². The summed E-state index contributed by atoms with van der Waals surface area (Å²) in [6.45, 7) is 1.89. The van der Waals surface area contributed by atoms with E-state index in [0.717, 1.165) is 0 Å². The van der Waals surface area contributed by atoms with E-state index in [1.54, 1.807) is 6.92 Å². The van der Waals surface area contributed by atoms with Crippen LogP contribution in [0.2, 0.25) is 0 Å². The number of nitrogens with two attached hydrogens (primary N) is 2. The molecule has 6 N–H and O–H groups in total. The Morgan fingerprint density at radius 1 is 1.30 bits per heavy atom. The minimum atomic E-state index is -0.796. The molecule has 0 aromatic heterocycles. The van der Waals surface area contributed by atoms with Crippen molar-refractivity contribution in [3.8, 4) is 0 Å². The van der Waals surface area contributed by atoms with Crippen LogP contribution in [0.4, 0.5) is 0 Å². The number of rotatable bonds is 4. The molecule has 0 saturated heterocycles. The Balaban J connectivity index is 3.69. The molecule has 0 aliphatic carbocycles. The Labute approximate surface area is 60.8 Å². The summed E-state index contributed by atoms with van der Waals surface area (Å²) in [5.41, 5.74) is 10.5. The van der Waals surface area contributed by atoms with Gasteiger partial charge in [0.15, 0.2) is 0 Å². The van der Waals surface area contributed by atoms with E-state index in [2.05, 4.69) is 0 Å². The van der Waals surface area contributed by atoms with Gasteiger partial charge in [0.1, 0.15) is 0 Å². The molecule has 2 unspecified atom stereocenters. The Morgan fingerprint density at radius 3 is 2.10 bits per heavy atom. The van der Waals surface area contributed by atoms with E-state index >= 15 is 0 Å². The molecule has 10 heavy (non-hydrogen) atoms. The van der Waals surface area contributed by atoms with Crippen LogP contribution in [0.15, 0.2) is 0 Å². The van der Waals surface area contributed by atoms with Gasteiger partial charge in [0, 0.05) is 6.54 Å². The summed E-state index contributed by atoms with van der Waals surface area (Å²) in [7, 11) is 0. The van der Waals surface area contributed by atoms with E-state index in [0.29, 0.717) is 6.42 Å². The standard InChI is InChI=1S/C6H16N2O2/c1-2-4(9)6(8)5(10)3-7/h4-6,9-10H,2-3,7-8H2,1H3/t4-,5?,6?/m1/s1. The predicted molar refractivity (Wildman–Crippen MR) is 39.3 cm³/mol. The zero-order chi connectivity index (χ0) is 8.15. The smallest absolute Gasteiger partial charge is 0.0838 e. The minimum Gasteiger partial charge on any atom is -0.391 e. The molecule has 0 saturated carbocycles. The average Bonchev–Trinajstić information content (AvgIpc) is 2.00. The van der Waals surface area contributed by atoms with E-state index in [-0.39, 0.29) is 6.54 Å². The summed E-state index contributed by atoms with van der Waals surface area (Å²) >= 11 is 0. The first-order valence-electron chi connectivity index (χ1n) is 3.45. The second-order valence-corrected chi connectivity index (χ2v) is 2.36. The van der Waals surface area contributed by atoms with Gasteiger partial charge in [0.2, 0.25) is 0 Å². The van der Waals surface area contributed by atoms with Crippen molar-refractivity contribution in [2.24, 2.45) is 11.5 Å². The first-order valence-corrected chi connectivity index (χ1v) is 3.45. The molecule has 0 bridgehead atoms. The molecule has 0 radical (unpaired) electrons. The topological polar surface area (TPSA) is 92.5 Å². The molecule has 4 heteroatoms. The second kappa shape index (κ2) is 4.62. The molecule has 4 nitrogen and oxygen atoms in total. The number of hydrogen-bond donors (Lipinski definition) is 4. The molecule has 0 aromatic carbocycles. The zero-order valence-electron chi connectivity index (χ0n) is 6.20. The molecule has 62 valence electrons. The highest BCUT2D eigenvalue weighted by atomic mass is 16.3. The van der Waals surface area contributed by atoms with Crippen LogP contribution in [0, 0.1) is 0 Å². The Bertz CT molecular complexity index is 79.8. The lowest BCUT2D eigenvalue weighted by molar-refractivity contribution is 0.0582. The molecule has 0 aromatic rings. The number of aliphatic hydroxyl groups is 2. The Hall–Kier alpha value is -0.160. The molecular formula is C6H16N2O2. The molecule has 0 spiro atoms. The highest BCUT2D eigenvalue weighted by Crippen LogP contribution is 1.99. The molecule has 0 rings (SSSR count). The Kier molecular flexibility index (Phi) is 4.55. The molecule has 0 heterocycles. The van der Waals surface area contributed by atoms with E-state index in [1.807, 2.05) is 0 Å². The molecule has 0 amide bonds. The van der Waals surface area contributed by atoms with Crippen molar-refractivity contribution < 1.29 is 10.2 Å². The van der Waals surface area contributed by atoms with Crippen molar-refractivity contribution in [2.75, 3.05) is 6.54 Å². The summed E-state index contributed by atoms with van der Waals surface area (Å²) in [6.07, 6.45) is -0.911. The molecule has 0 aliphatic rings. The van der Waals surface area contributed by atoms with Gasteiger partial charge in [-0.1, -0.05) is 6.92 Å². The van der Waals surface area contributed by atoms with Crippen molar-refractivity contribution in [2.45, 2.75) is 31.6 Å². The molecule has 0 aliphatic heterocycles. The second-order valence-electron chi connectivity index (χ2n) is 2.36. The van der Waals surface area contributed by atoms with Crippen LogP contribution in [0.1, 0.15) is 13.3 Å². The van der Waals surface area contributed by atoms with Gasteiger partial charge in [0.05, 0.1) is 18.2 Å². The minimum absolute atomic E-state index is 0.0955. The normalized spacial score (nSPS) is 20.1. The highest BCUT2D eigenvalue weighted by molar-refractivity contribution is 4.78. The van der Waals surface area contributed by atoms with Gasteiger partial charge in [-0.25, -0.2) is 0 Å². The van der Waals surface area contributed by atoms with Gasteiger partial charge in [-0.2, -0.15) is 0 Å². The van der Waals surface area contributed by atoms with Crippen LogP contribution < -0.4 is 11.5 Å². The molecule has 0 fully saturated rings. The summed E-state index contributed by atoms with van der Waals surface area (Å²) in [6, 6.07) is -0.616. The Morgan fingerprint density at radius 2 is 1.80 bits per heavy atom. The SMILES string of the molecule is CC[C@@H](O)C(N)C(O)CN. The van der Waals surface area contributed by atoms with Gasteiger partial charge in [-0.05, 0) is 6.42 Å². The summed E-state index contributed by atoms with van der Waals surface area (Å²) < 4.78 is 0. The average molecular weight is 148 g/mol. The van der Waals surface area contributed by atoms with E-state index in [4.69, 9.17) is 21.7 Å². The predicted octanol–water partition coefficient (Wildman–Crippen LogP) is -1.60. The zero-order valence-corrected chi connectivity index (χ0v) is 6.20.